The summed E-state index contributed by atoms with van der Waals surface area (Å²) in [5.41, 5.74) is 4.14. The van der Waals surface area contributed by atoms with Crippen molar-refractivity contribution >= 4 is 11.9 Å². The zero-order valence-electron chi connectivity index (χ0n) is 24.1. The molecule has 0 aromatic heterocycles. The van der Waals surface area contributed by atoms with Crippen LogP contribution < -0.4 is 9.47 Å². The third kappa shape index (κ3) is 9.22. The van der Waals surface area contributed by atoms with E-state index in [1.165, 1.54) is 36.0 Å². The maximum atomic E-state index is 9.55. The summed E-state index contributed by atoms with van der Waals surface area (Å²) in [7, 11) is 3.42. The normalized spacial score (nSPS) is 16.0. The molecule has 0 saturated carbocycles. The van der Waals surface area contributed by atoms with Crippen LogP contribution in [0, 0.1) is 0 Å². The number of nitrogens with zero attached hydrogens (tertiary/aromatic N) is 1. The fraction of sp³-hybridized carbons (Fsp3) is 0.353. The van der Waals surface area contributed by atoms with Gasteiger partial charge in [-0.3, -0.25) is 4.90 Å². The van der Waals surface area contributed by atoms with E-state index >= 15 is 0 Å². The molecular formula is C34H41NO6. The molecule has 4 rings (SSSR count). The Balaban J connectivity index is 0.000000507. The average molecular weight is 560 g/mol. The highest BCUT2D eigenvalue weighted by Gasteiger charge is 2.32. The average Bonchev–Trinajstić information content (AvgIpc) is 3.01. The number of carboxylic acids is 2. The summed E-state index contributed by atoms with van der Waals surface area (Å²) in [5.74, 6) is -0.506. The minimum absolute atomic E-state index is 0.377. The predicted molar refractivity (Wildman–Crippen MR) is 161 cm³/mol. The number of benzene rings is 3. The zero-order chi connectivity index (χ0) is 29.6. The minimum Gasteiger partial charge on any atom is -0.493 e. The van der Waals surface area contributed by atoms with Crippen LogP contribution in [0.25, 0.3) is 0 Å². The van der Waals surface area contributed by atoms with E-state index in [0.29, 0.717) is 30.2 Å². The molecule has 3 aromatic carbocycles. The lowest BCUT2D eigenvalue weighted by Gasteiger charge is -2.43. The first-order valence-corrected chi connectivity index (χ1v) is 14.1. The van der Waals surface area contributed by atoms with Crippen molar-refractivity contribution in [2.24, 2.45) is 0 Å². The molecule has 2 N–H and O–H groups in total. The molecule has 0 radical (unpaired) electrons. The van der Waals surface area contributed by atoms with Crippen LogP contribution in [-0.4, -0.2) is 53.9 Å². The molecule has 1 heterocycles. The van der Waals surface area contributed by atoms with Crippen LogP contribution in [0.15, 0.2) is 91.0 Å². The molecule has 2 unspecified atom stereocenters. The van der Waals surface area contributed by atoms with Crippen molar-refractivity contribution in [2.45, 2.75) is 57.0 Å². The summed E-state index contributed by atoms with van der Waals surface area (Å²) in [6.45, 7) is 3.45. The van der Waals surface area contributed by atoms with Gasteiger partial charge in [-0.15, -0.1) is 0 Å². The fourth-order valence-corrected chi connectivity index (χ4v) is 5.66. The SMILES string of the molecule is CCC(c1ccc(OC)c(OC)c1)N1CCCCC1CC(c1ccccc1)c1ccccc1.O=C(O)C=CC(=O)O. The molecule has 1 aliphatic heterocycles. The van der Waals surface area contributed by atoms with E-state index in [4.69, 9.17) is 19.7 Å². The molecular weight excluding hydrogens is 518 g/mol. The molecule has 0 spiro atoms. The number of hydrogen-bond acceptors (Lipinski definition) is 5. The molecule has 7 nitrogen and oxygen atoms in total. The molecule has 1 fully saturated rings. The molecule has 1 saturated heterocycles. The van der Waals surface area contributed by atoms with Crippen LogP contribution in [0.2, 0.25) is 0 Å². The van der Waals surface area contributed by atoms with Gasteiger partial charge < -0.3 is 19.7 Å². The second-order valence-corrected chi connectivity index (χ2v) is 10.0. The fourth-order valence-electron chi connectivity index (χ4n) is 5.66. The number of ether oxygens (including phenoxy) is 2. The summed E-state index contributed by atoms with van der Waals surface area (Å²) in [6.07, 6.45) is 7.15. The van der Waals surface area contributed by atoms with Gasteiger partial charge in [0, 0.05) is 30.2 Å². The van der Waals surface area contributed by atoms with Crippen LogP contribution in [-0.2, 0) is 9.59 Å². The van der Waals surface area contributed by atoms with Crippen molar-refractivity contribution in [3.05, 3.63) is 108 Å². The van der Waals surface area contributed by atoms with Crippen molar-refractivity contribution in [3.63, 3.8) is 0 Å². The molecule has 1 aliphatic rings. The zero-order valence-corrected chi connectivity index (χ0v) is 24.1. The topological polar surface area (TPSA) is 96.3 Å². The van der Waals surface area contributed by atoms with Crippen molar-refractivity contribution in [1.29, 1.82) is 0 Å². The quantitative estimate of drug-likeness (QED) is 0.246. The second kappa shape index (κ2) is 16.2. The van der Waals surface area contributed by atoms with Crippen molar-refractivity contribution in [2.75, 3.05) is 20.8 Å². The van der Waals surface area contributed by atoms with Gasteiger partial charge in [0.05, 0.1) is 14.2 Å². The standard InChI is InChI=1S/C30H37NO2.C4H4O4/c1-4-28(25-18-19-29(32-2)30(21-25)33-3)31-20-12-11-17-26(31)22-27(23-13-7-5-8-14-23)24-15-9-6-10-16-24;5-3(6)1-2-4(7)8/h5-10,13-16,18-19,21,26-28H,4,11-12,17,20,22H2,1-3H3;1-2H,(H,5,6)(H,7,8). The number of piperidine rings is 1. The summed E-state index contributed by atoms with van der Waals surface area (Å²) < 4.78 is 11.1. The molecule has 7 heteroatoms. The van der Waals surface area contributed by atoms with Crippen LogP contribution in [0.1, 0.15) is 67.7 Å². The van der Waals surface area contributed by atoms with E-state index in [9.17, 15) is 9.59 Å². The highest BCUT2D eigenvalue weighted by molar-refractivity contribution is 5.89. The third-order valence-corrected chi connectivity index (χ3v) is 7.53. The minimum atomic E-state index is -1.26. The molecule has 218 valence electrons. The number of aliphatic carboxylic acids is 2. The van der Waals surface area contributed by atoms with E-state index in [0.717, 1.165) is 30.9 Å². The Kier molecular flexibility index (Phi) is 12.4. The van der Waals surface area contributed by atoms with Gasteiger partial charge in [-0.05, 0) is 61.1 Å². The van der Waals surface area contributed by atoms with Crippen LogP contribution in [0.3, 0.4) is 0 Å². The summed E-state index contributed by atoms with van der Waals surface area (Å²) in [5, 5.41) is 15.6. The van der Waals surface area contributed by atoms with Gasteiger partial charge in [-0.25, -0.2) is 9.59 Å². The maximum absolute atomic E-state index is 9.55. The molecule has 0 amide bonds. The summed E-state index contributed by atoms with van der Waals surface area (Å²) in [4.78, 5) is 21.9. The Morgan fingerprint density at radius 1 is 0.829 bits per heavy atom. The highest BCUT2D eigenvalue weighted by atomic mass is 16.5. The van der Waals surface area contributed by atoms with E-state index in [2.05, 4.69) is 84.6 Å². The number of methoxy groups -OCH3 is 2. The molecule has 2 atom stereocenters. The predicted octanol–water partition coefficient (Wildman–Crippen LogP) is 6.94. The van der Waals surface area contributed by atoms with Crippen LogP contribution >= 0.6 is 0 Å². The second-order valence-electron chi connectivity index (χ2n) is 10.0. The van der Waals surface area contributed by atoms with Crippen molar-refractivity contribution in [1.82, 2.24) is 4.90 Å². The molecule has 3 aromatic rings. The van der Waals surface area contributed by atoms with E-state index in [1.54, 1.807) is 14.2 Å². The number of carboxylic acid groups (broad SMARTS) is 2. The summed E-state index contributed by atoms with van der Waals surface area (Å²) >= 11 is 0. The van der Waals surface area contributed by atoms with E-state index in [1.807, 2.05) is 6.07 Å². The van der Waals surface area contributed by atoms with Crippen molar-refractivity contribution in [3.8, 4) is 11.5 Å². The monoisotopic (exact) mass is 559 g/mol. The maximum Gasteiger partial charge on any atom is 0.328 e. The van der Waals surface area contributed by atoms with E-state index in [-0.39, 0.29) is 0 Å². The molecule has 0 bridgehead atoms. The lowest BCUT2D eigenvalue weighted by atomic mass is 9.82. The Morgan fingerprint density at radius 3 is 1.88 bits per heavy atom. The number of rotatable bonds is 11. The largest absolute Gasteiger partial charge is 0.493 e. The first-order chi connectivity index (χ1) is 19.9. The Bertz CT molecular complexity index is 1210. The van der Waals surface area contributed by atoms with Gasteiger partial charge in [0.2, 0.25) is 0 Å². The third-order valence-electron chi connectivity index (χ3n) is 7.53. The first-order valence-electron chi connectivity index (χ1n) is 14.1. The smallest absolute Gasteiger partial charge is 0.328 e. The lowest BCUT2D eigenvalue weighted by Crippen LogP contribution is -2.42. The van der Waals surface area contributed by atoms with Gasteiger partial charge in [0.15, 0.2) is 11.5 Å². The number of carbonyl (C=O) groups is 2. The van der Waals surface area contributed by atoms with Crippen molar-refractivity contribution < 1.29 is 29.3 Å². The van der Waals surface area contributed by atoms with Gasteiger partial charge in [0.1, 0.15) is 0 Å². The molecule has 0 aliphatic carbocycles. The highest BCUT2D eigenvalue weighted by Crippen LogP contribution is 2.39. The van der Waals surface area contributed by atoms with Gasteiger partial charge in [0.25, 0.3) is 0 Å². The molecule has 41 heavy (non-hydrogen) atoms. The van der Waals surface area contributed by atoms with Gasteiger partial charge in [-0.1, -0.05) is 80.1 Å². The Morgan fingerprint density at radius 2 is 1.39 bits per heavy atom. The van der Waals surface area contributed by atoms with Gasteiger partial charge >= 0.3 is 11.9 Å². The summed E-state index contributed by atoms with van der Waals surface area (Å²) in [6, 6.07) is 29.4. The lowest BCUT2D eigenvalue weighted by molar-refractivity contribution is -0.134. The number of likely N-dealkylation sites (tertiary alicyclic amines) is 1. The van der Waals surface area contributed by atoms with Crippen LogP contribution in [0.5, 0.6) is 11.5 Å². The number of hydrogen-bond donors (Lipinski definition) is 2. The van der Waals surface area contributed by atoms with Gasteiger partial charge in [-0.2, -0.15) is 0 Å². The Hall–Kier alpha value is -4.10. The van der Waals surface area contributed by atoms with Crippen LogP contribution in [0.4, 0.5) is 0 Å². The first kappa shape index (κ1) is 31.4. The Labute approximate surface area is 243 Å². The van der Waals surface area contributed by atoms with E-state index < -0.39 is 11.9 Å².